The topological polar surface area (TPSA) is 29.5 Å². The number of rotatable bonds is 8. The molecule has 0 radical (unpaired) electrons. The van der Waals surface area contributed by atoms with Crippen molar-refractivity contribution in [1.29, 1.82) is 0 Å². The molecule has 0 amide bonds. The van der Waals surface area contributed by atoms with Crippen LogP contribution in [0.25, 0.3) is 0 Å². The van der Waals surface area contributed by atoms with Gasteiger partial charge in [-0.3, -0.25) is 4.79 Å². The lowest BCUT2D eigenvalue weighted by Gasteiger charge is -2.60. The molecule has 4 aliphatic rings. The Morgan fingerprint density at radius 1 is 0.903 bits per heavy atom. The highest BCUT2D eigenvalue weighted by atomic mass is 16.5. The average Bonchev–Trinajstić information content (AvgIpc) is 3.10. The van der Waals surface area contributed by atoms with Gasteiger partial charge in [-0.25, -0.2) is 0 Å². The first-order valence-electron chi connectivity index (χ1n) is 13.6. The van der Waals surface area contributed by atoms with E-state index in [1.165, 1.54) is 84.2 Å². The Bertz CT molecular complexity index is 620. The Kier molecular flexibility index (Phi) is 7.41. The Hall–Kier alpha value is -0.570. The maximum Gasteiger partial charge on any atom is 0.306 e. The van der Waals surface area contributed by atoms with Gasteiger partial charge in [0, 0.05) is 6.54 Å². The first-order chi connectivity index (χ1) is 14.9. The normalized spacial score (nSPS) is 42.0. The molecule has 0 heterocycles. The van der Waals surface area contributed by atoms with E-state index >= 15 is 0 Å². The van der Waals surface area contributed by atoms with Gasteiger partial charge in [-0.15, -0.1) is 0 Å². The maximum atomic E-state index is 11.3. The third-order valence-electron chi connectivity index (χ3n) is 11.0. The number of carbonyl (C=O) groups is 1. The van der Waals surface area contributed by atoms with Crippen molar-refractivity contribution < 1.29 is 9.53 Å². The fraction of sp³-hybridized carbons (Fsp3) is 0.964. The molecule has 0 N–H and O–H groups in total. The maximum absolute atomic E-state index is 11.3. The summed E-state index contributed by atoms with van der Waals surface area (Å²) >= 11 is 0. The van der Waals surface area contributed by atoms with Gasteiger partial charge in [-0.2, -0.15) is 0 Å². The van der Waals surface area contributed by atoms with Gasteiger partial charge in [0.05, 0.1) is 13.5 Å². The van der Waals surface area contributed by atoms with Crippen LogP contribution in [0.2, 0.25) is 0 Å². The molecule has 0 aromatic heterocycles. The molecule has 4 saturated carbocycles. The van der Waals surface area contributed by atoms with Gasteiger partial charge in [0.1, 0.15) is 0 Å². The Balaban J connectivity index is 1.27. The van der Waals surface area contributed by atoms with E-state index in [9.17, 15) is 4.79 Å². The minimum absolute atomic E-state index is 0.0940. The zero-order valence-corrected chi connectivity index (χ0v) is 21.0. The first kappa shape index (κ1) is 23.6. The molecule has 3 heteroatoms. The van der Waals surface area contributed by atoms with Crippen molar-refractivity contribution in [2.24, 2.45) is 40.4 Å². The van der Waals surface area contributed by atoms with Crippen molar-refractivity contribution in [3.63, 3.8) is 0 Å². The van der Waals surface area contributed by atoms with Gasteiger partial charge in [-0.1, -0.05) is 33.1 Å². The summed E-state index contributed by atoms with van der Waals surface area (Å²) in [5, 5.41) is 0. The molecule has 0 aromatic carbocycles. The lowest BCUT2D eigenvalue weighted by atomic mass is 9.45. The molecule has 0 bridgehead atoms. The standard InChI is InChI=1S/C28H49NO2/c1-27-17-7-5-9-21(27)11-13-23-24-14-12-22(28(24,2)18-15-25(23)27)10-6-8-19-29(3)20-16-26(30)31-4/h21-25H,5-20H2,1-4H3. The van der Waals surface area contributed by atoms with Gasteiger partial charge >= 0.3 is 5.97 Å². The van der Waals surface area contributed by atoms with Crippen molar-refractivity contribution >= 4 is 5.97 Å². The Labute approximate surface area is 192 Å². The minimum atomic E-state index is -0.0940. The summed E-state index contributed by atoms with van der Waals surface area (Å²) in [5.74, 6) is 4.98. The summed E-state index contributed by atoms with van der Waals surface area (Å²) < 4.78 is 4.76. The second kappa shape index (κ2) is 9.74. The lowest BCUT2D eigenvalue weighted by molar-refractivity contribution is -0.140. The summed E-state index contributed by atoms with van der Waals surface area (Å²) in [6.07, 6.45) is 19.7. The van der Waals surface area contributed by atoms with Gasteiger partial charge < -0.3 is 9.64 Å². The number of nitrogens with zero attached hydrogens (tertiary/aromatic N) is 1. The van der Waals surface area contributed by atoms with Gasteiger partial charge in [0.2, 0.25) is 0 Å². The summed E-state index contributed by atoms with van der Waals surface area (Å²) in [7, 11) is 3.62. The second-order valence-corrected chi connectivity index (χ2v) is 12.3. The second-order valence-electron chi connectivity index (χ2n) is 12.3. The molecule has 4 rings (SSSR count). The lowest BCUT2D eigenvalue weighted by Crippen LogP contribution is -2.52. The molecule has 0 spiro atoms. The summed E-state index contributed by atoms with van der Waals surface area (Å²) in [6.45, 7) is 7.33. The van der Waals surface area contributed by atoms with E-state index in [1.54, 1.807) is 6.42 Å². The van der Waals surface area contributed by atoms with Crippen LogP contribution in [0.5, 0.6) is 0 Å². The van der Waals surface area contributed by atoms with Crippen LogP contribution in [0.15, 0.2) is 0 Å². The molecule has 4 aliphatic carbocycles. The summed E-state index contributed by atoms with van der Waals surface area (Å²) in [5.41, 5.74) is 1.30. The van der Waals surface area contributed by atoms with Crippen LogP contribution in [-0.2, 0) is 9.53 Å². The van der Waals surface area contributed by atoms with Crippen LogP contribution in [0.1, 0.15) is 104 Å². The zero-order chi connectivity index (χ0) is 22.1. The fourth-order valence-electron chi connectivity index (χ4n) is 9.15. The number of esters is 1. The van der Waals surface area contributed by atoms with E-state index in [4.69, 9.17) is 4.74 Å². The molecular formula is C28H49NO2. The molecular weight excluding hydrogens is 382 g/mol. The SMILES string of the molecule is COC(=O)CCN(C)CCCCC1CCC2C3CCC4CCCCC4(C)C3CCC12C. The van der Waals surface area contributed by atoms with Crippen LogP contribution in [-0.4, -0.2) is 38.1 Å². The first-order valence-corrected chi connectivity index (χ1v) is 13.6. The van der Waals surface area contributed by atoms with E-state index in [0.29, 0.717) is 17.3 Å². The molecule has 7 atom stereocenters. The highest BCUT2D eigenvalue weighted by Gasteiger charge is 2.59. The molecule has 31 heavy (non-hydrogen) atoms. The fourth-order valence-corrected chi connectivity index (χ4v) is 9.15. The minimum Gasteiger partial charge on any atom is -0.469 e. The Morgan fingerprint density at radius 3 is 2.52 bits per heavy atom. The molecule has 4 fully saturated rings. The van der Waals surface area contributed by atoms with Crippen molar-refractivity contribution in [2.45, 2.75) is 104 Å². The molecule has 0 aromatic rings. The molecule has 0 saturated heterocycles. The van der Waals surface area contributed by atoms with Gasteiger partial charge in [0.25, 0.3) is 0 Å². The number of methoxy groups -OCH3 is 1. The monoisotopic (exact) mass is 431 g/mol. The molecule has 178 valence electrons. The predicted octanol–water partition coefficient (Wildman–Crippen LogP) is 6.70. The van der Waals surface area contributed by atoms with E-state index in [2.05, 4.69) is 25.8 Å². The summed E-state index contributed by atoms with van der Waals surface area (Å²) in [6, 6.07) is 0. The molecule has 0 aliphatic heterocycles. The van der Waals surface area contributed by atoms with Crippen LogP contribution in [0.3, 0.4) is 0 Å². The van der Waals surface area contributed by atoms with Crippen molar-refractivity contribution in [3.8, 4) is 0 Å². The summed E-state index contributed by atoms with van der Waals surface area (Å²) in [4.78, 5) is 13.6. The highest BCUT2D eigenvalue weighted by molar-refractivity contribution is 5.69. The number of fused-ring (bicyclic) bond motifs is 5. The smallest absolute Gasteiger partial charge is 0.306 e. The van der Waals surface area contributed by atoms with Crippen molar-refractivity contribution in [1.82, 2.24) is 4.90 Å². The van der Waals surface area contributed by atoms with Crippen molar-refractivity contribution in [3.05, 3.63) is 0 Å². The van der Waals surface area contributed by atoms with E-state index in [1.807, 2.05) is 0 Å². The average molecular weight is 432 g/mol. The van der Waals surface area contributed by atoms with Gasteiger partial charge in [0.15, 0.2) is 0 Å². The molecule has 3 nitrogen and oxygen atoms in total. The zero-order valence-electron chi connectivity index (χ0n) is 21.0. The van der Waals surface area contributed by atoms with Gasteiger partial charge in [-0.05, 0) is 118 Å². The van der Waals surface area contributed by atoms with Crippen LogP contribution < -0.4 is 0 Å². The number of ether oxygens (including phenoxy) is 1. The van der Waals surface area contributed by atoms with Crippen LogP contribution in [0, 0.1) is 40.4 Å². The number of hydrogen-bond donors (Lipinski definition) is 0. The quantitative estimate of drug-likeness (QED) is 0.316. The van der Waals surface area contributed by atoms with Crippen LogP contribution in [0.4, 0.5) is 0 Å². The van der Waals surface area contributed by atoms with Crippen LogP contribution >= 0.6 is 0 Å². The Morgan fingerprint density at radius 2 is 1.71 bits per heavy atom. The number of unbranched alkanes of at least 4 members (excludes halogenated alkanes) is 1. The predicted molar refractivity (Wildman–Crippen MR) is 128 cm³/mol. The molecule has 7 unspecified atom stereocenters. The highest BCUT2D eigenvalue weighted by Crippen LogP contribution is 2.67. The van der Waals surface area contributed by atoms with E-state index in [0.717, 1.165) is 42.7 Å². The number of hydrogen-bond acceptors (Lipinski definition) is 3. The van der Waals surface area contributed by atoms with Crippen molar-refractivity contribution in [2.75, 3.05) is 27.2 Å². The number of carbonyl (C=O) groups excluding carboxylic acids is 1. The third-order valence-corrected chi connectivity index (χ3v) is 11.0. The van der Waals surface area contributed by atoms with E-state index < -0.39 is 0 Å². The largest absolute Gasteiger partial charge is 0.469 e. The third kappa shape index (κ3) is 4.59. The van der Waals surface area contributed by atoms with E-state index in [-0.39, 0.29) is 5.97 Å².